The molecule has 0 aliphatic heterocycles. The number of hydrogen-bond acceptors (Lipinski definition) is 4. The summed E-state index contributed by atoms with van der Waals surface area (Å²) in [4.78, 5) is 12.0. The van der Waals surface area contributed by atoms with Gasteiger partial charge in [0.1, 0.15) is 9.84 Å². The fourth-order valence-corrected chi connectivity index (χ4v) is 2.92. The lowest BCUT2D eigenvalue weighted by Crippen LogP contribution is -2.37. The Hall–Kier alpha value is -1.89. The van der Waals surface area contributed by atoms with E-state index in [0.717, 1.165) is 11.8 Å². The molecule has 1 aromatic heterocycles. The van der Waals surface area contributed by atoms with Gasteiger partial charge in [-0.05, 0) is 13.0 Å². The molecular weight excluding hydrogens is 266 g/mol. The Labute approximate surface area is 111 Å². The standard InChI is InChI=1S/C12H15N3O3S/c1-8(7-19(2,17)18)13-12(16)11-9-5-3-4-6-10(9)14-15-11/h3-6,8H,7H2,1-2H3,(H,13,16)(H,14,15). The normalized spacial score (nSPS) is 13.4. The molecule has 1 atom stereocenters. The number of fused-ring (bicyclic) bond motifs is 1. The van der Waals surface area contributed by atoms with Crippen LogP contribution in [0.4, 0.5) is 0 Å². The Balaban J connectivity index is 2.16. The first-order chi connectivity index (χ1) is 8.87. The highest BCUT2D eigenvalue weighted by molar-refractivity contribution is 7.90. The van der Waals surface area contributed by atoms with Crippen molar-refractivity contribution in [2.45, 2.75) is 13.0 Å². The predicted molar refractivity (Wildman–Crippen MR) is 72.7 cm³/mol. The van der Waals surface area contributed by atoms with E-state index in [9.17, 15) is 13.2 Å². The molecule has 0 spiro atoms. The molecule has 0 fully saturated rings. The quantitative estimate of drug-likeness (QED) is 0.864. The van der Waals surface area contributed by atoms with Crippen LogP contribution in [0.5, 0.6) is 0 Å². The van der Waals surface area contributed by atoms with Crippen molar-refractivity contribution in [3.05, 3.63) is 30.0 Å². The third kappa shape index (κ3) is 3.31. The van der Waals surface area contributed by atoms with Crippen molar-refractivity contribution in [1.29, 1.82) is 0 Å². The maximum absolute atomic E-state index is 12.0. The first kappa shape index (κ1) is 13.5. The average molecular weight is 281 g/mol. The van der Waals surface area contributed by atoms with Gasteiger partial charge in [-0.3, -0.25) is 9.89 Å². The van der Waals surface area contributed by atoms with Gasteiger partial charge in [-0.15, -0.1) is 0 Å². The van der Waals surface area contributed by atoms with E-state index in [4.69, 9.17) is 0 Å². The summed E-state index contributed by atoms with van der Waals surface area (Å²) in [6, 6.07) is 6.80. The van der Waals surface area contributed by atoms with Crippen LogP contribution in [0, 0.1) is 0 Å². The number of carbonyl (C=O) groups is 1. The molecule has 7 heteroatoms. The Morgan fingerprint density at radius 3 is 2.79 bits per heavy atom. The van der Waals surface area contributed by atoms with Gasteiger partial charge < -0.3 is 5.32 Å². The minimum absolute atomic E-state index is 0.0961. The lowest BCUT2D eigenvalue weighted by Gasteiger charge is -2.11. The Morgan fingerprint density at radius 2 is 2.11 bits per heavy atom. The Bertz CT molecular complexity index is 706. The van der Waals surface area contributed by atoms with Crippen molar-refractivity contribution >= 4 is 26.6 Å². The second-order valence-electron chi connectivity index (χ2n) is 4.58. The minimum atomic E-state index is -3.12. The number of aromatic amines is 1. The summed E-state index contributed by atoms with van der Waals surface area (Å²) in [5, 5.41) is 10.1. The summed E-state index contributed by atoms with van der Waals surface area (Å²) in [6.45, 7) is 1.65. The summed E-state index contributed by atoms with van der Waals surface area (Å²) in [5.41, 5.74) is 1.04. The van der Waals surface area contributed by atoms with Crippen LogP contribution in [0.25, 0.3) is 10.9 Å². The van der Waals surface area contributed by atoms with Gasteiger partial charge >= 0.3 is 0 Å². The lowest BCUT2D eigenvalue weighted by molar-refractivity contribution is 0.0940. The SMILES string of the molecule is CC(CS(C)(=O)=O)NC(=O)c1n[nH]c2ccccc12. The first-order valence-electron chi connectivity index (χ1n) is 5.78. The number of H-pyrrole nitrogens is 1. The first-order valence-corrected chi connectivity index (χ1v) is 7.84. The number of para-hydroxylation sites is 1. The van der Waals surface area contributed by atoms with Crippen LogP contribution in [-0.4, -0.2) is 42.6 Å². The maximum Gasteiger partial charge on any atom is 0.272 e. The highest BCUT2D eigenvalue weighted by Gasteiger charge is 2.18. The maximum atomic E-state index is 12.0. The molecular formula is C12H15N3O3S. The second-order valence-corrected chi connectivity index (χ2v) is 6.77. The van der Waals surface area contributed by atoms with Gasteiger partial charge in [0, 0.05) is 17.7 Å². The highest BCUT2D eigenvalue weighted by Crippen LogP contribution is 2.14. The van der Waals surface area contributed by atoms with Gasteiger partial charge in [-0.1, -0.05) is 18.2 Å². The van der Waals surface area contributed by atoms with Crippen molar-refractivity contribution in [2.75, 3.05) is 12.0 Å². The van der Waals surface area contributed by atoms with Gasteiger partial charge in [0.05, 0.1) is 11.3 Å². The number of amides is 1. The third-order valence-corrected chi connectivity index (χ3v) is 3.72. The molecule has 0 aliphatic rings. The van der Waals surface area contributed by atoms with Crippen molar-refractivity contribution in [3.63, 3.8) is 0 Å². The van der Waals surface area contributed by atoms with Gasteiger partial charge in [0.2, 0.25) is 0 Å². The largest absolute Gasteiger partial charge is 0.347 e. The average Bonchev–Trinajstić information content (AvgIpc) is 2.69. The fraction of sp³-hybridized carbons (Fsp3) is 0.333. The number of benzene rings is 1. The fourth-order valence-electron chi connectivity index (χ4n) is 1.92. The van der Waals surface area contributed by atoms with Crippen LogP contribution in [-0.2, 0) is 9.84 Å². The van der Waals surface area contributed by atoms with E-state index in [0.29, 0.717) is 5.39 Å². The van der Waals surface area contributed by atoms with Gasteiger partial charge in [0.15, 0.2) is 5.69 Å². The van der Waals surface area contributed by atoms with Crippen molar-refractivity contribution in [1.82, 2.24) is 15.5 Å². The van der Waals surface area contributed by atoms with E-state index in [1.165, 1.54) is 0 Å². The second kappa shape index (κ2) is 5.00. The molecule has 0 saturated carbocycles. The zero-order valence-corrected chi connectivity index (χ0v) is 11.5. The molecule has 1 heterocycles. The van der Waals surface area contributed by atoms with Gasteiger partial charge in [-0.2, -0.15) is 5.10 Å². The smallest absolute Gasteiger partial charge is 0.272 e. The summed E-state index contributed by atoms with van der Waals surface area (Å²) in [7, 11) is -3.12. The third-order valence-electron chi connectivity index (χ3n) is 2.62. The molecule has 19 heavy (non-hydrogen) atoms. The summed E-state index contributed by atoms with van der Waals surface area (Å²) < 4.78 is 22.3. The van der Waals surface area contributed by atoms with E-state index in [-0.39, 0.29) is 17.4 Å². The van der Waals surface area contributed by atoms with Crippen LogP contribution in [0.1, 0.15) is 17.4 Å². The van der Waals surface area contributed by atoms with E-state index in [2.05, 4.69) is 15.5 Å². The molecule has 1 aromatic carbocycles. The number of carbonyl (C=O) groups excluding carboxylic acids is 1. The number of aromatic nitrogens is 2. The van der Waals surface area contributed by atoms with E-state index < -0.39 is 15.9 Å². The molecule has 2 aromatic rings. The van der Waals surface area contributed by atoms with Crippen LogP contribution in [0.3, 0.4) is 0 Å². The molecule has 0 radical (unpaired) electrons. The lowest BCUT2D eigenvalue weighted by atomic mass is 10.2. The molecule has 102 valence electrons. The van der Waals surface area contributed by atoms with Crippen molar-refractivity contribution in [2.24, 2.45) is 0 Å². The molecule has 6 nitrogen and oxygen atoms in total. The summed E-state index contributed by atoms with van der Waals surface area (Å²) >= 11 is 0. The van der Waals surface area contributed by atoms with Crippen LogP contribution in [0.2, 0.25) is 0 Å². The number of nitrogens with zero attached hydrogens (tertiary/aromatic N) is 1. The number of hydrogen-bond donors (Lipinski definition) is 2. The van der Waals surface area contributed by atoms with Crippen LogP contribution < -0.4 is 5.32 Å². The topological polar surface area (TPSA) is 91.9 Å². The summed E-state index contributed by atoms with van der Waals surface area (Å²) in [6.07, 6.45) is 1.14. The number of sulfone groups is 1. The number of rotatable bonds is 4. The molecule has 2 N–H and O–H groups in total. The molecule has 0 bridgehead atoms. The van der Waals surface area contributed by atoms with Gasteiger partial charge in [-0.25, -0.2) is 8.42 Å². The molecule has 1 unspecified atom stereocenters. The minimum Gasteiger partial charge on any atom is -0.347 e. The molecule has 0 saturated heterocycles. The van der Waals surface area contributed by atoms with E-state index in [1.54, 1.807) is 13.0 Å². The van der Waals surface area contributed by atoms with E-state index in [1.807, 2.05) is 18.2 Å². The Morgan fingerprint density at radius 1 is 1.42 bits per heavy atom. The van der Waals surface area contributed by atoms with Crippen LogP contribution >= 0.6 is 0 Å². The van der Waals surface area contributed by atoms with E-state index >= 15 is 0 Å². The zero-order valence-electron chi connectivity index (χ0n) is 10.7. The predicted octanol–water partition coefficient (Wildman–Crippen LogP) is 0.726. The molecule has 0 aliphatic carbocycles. The van der Waals surface area contributed by atoms with Crippen molar-refractivity contribution < 1.29 is 13.2 Å². The van der Waals surface area contributed by atoms with Crippen molar-refractivity contribution in [3.8, 4) is 0 Å². The van der Waals surface area contributed by atoms with Crippen LogP contribution in [0.15, 0.2) is 24.3 Å². The zero-order chi connectivity index (χ0) is 14.0. The van der Waals surface area contributed by atoms with Gasteiger partial charge in [0.25, 0.3) is 5.91 Å². The Kier molecular flexibility index (Phi) is 3.57. The highest BCUT2D eigenvalue weighted by atomic mass is 32.2. The molecule has 2 rings (SSSR count). The summed E-state index contributed by atoms with van der Waals surface area (Å²) in [5.74, 6) is -0.477. The molecule has 1 amide bonds. The monoisotopic (exact) mass is 281 g/mol. The number of nitrogens with one attached hydrogen (secondary N) is 2.